The Hall–Kier alpha value is -1.26. The summed E-state index contributed by atoms with van der Waals surface area (Å²) in [6, 6.07) is -0.248. The molecule has 0 aromatic carbocycles. The molecule has 2 atom stereocenters. The first-order valence-electron chi connectivity index (χ1n) is 5.98. The fourth-order valence-electron chi connectivity index (χ4n) is 2.19. The molecule has 1 amide bonds. The molecule has 0 aliphatic carbocycles. The van der Waals surface area contributed by atoms with Gasteiger partial charge >= 0.3 is 12.1 Å². The Morgan fingerprint density at radius 3 is 2.41 bits per heavy atom. The van der Waals surface area contributed by atoms with Crippen LogP contribution in [0.3, 0.4) is 0 Å². The summed E-state index contributed by atoms with van der Waals surface area (Å²) in [6.07, 6.45) is 0.733. The van der Waals surface area contributed by atoms with Crippen molar-refractivity contribution in [3.63, 3.8) is 0 Å². The van der Waals surface area contributed by atoms with Gasteiger partial charge in [0.05, 0.1) is 5.92 Å². The number of hydrogen-bond acceptors (Lipinski definition) is 3. The van der Waals surface area contributed by atoms with Crippen molar-refractivity contribution in [3.8, 4) is 0 Å². The van der Waals surface area contributed by atoms with Gasteiger partial charge in [0.15, 0.2) is 0 Å². The zero-order valence-electron chi connectivity index (χ0n) is 10.9. The Labute approximate surface area is 102 Å². The van der Waals surface area contributed by atoms with Gasteiger partial charge in [0.25, 0.3) is 0 Å². The summed E-state index contributed by atoms with van der Waals surface area (Å²) in [4.78, 5) is 24.5. The highest BCUT2D eigenvalue weighted by Crippen LogP contribution is 2.28. The molecule has 98 valence electrons. The van der Waals surface area contributed by atoms with Gasteiger partial charge in [-0.05, 0) is 33.6 Å². The largest absolute Gasteiger partial charge is 0.481 e. The summed E-state index contributed by atoms with van der Waals surface area (Å²) in [5, 5.41) is 9.07. The second kappa shape index (κ2) is 4.94. The maximum Gasteiger partial charge on any atom is 0.410 e. The van der Waals surface area contributed by atoms with Gasteiger partial charge in [-0.3, -0.25) is 4.79 Å². The summed E-state index contributed by atoms with van der Waals surface area (Å²) in [6.45, 7) is 7.76. The van der Waals surface area contributed by atoms with E-state index in [2.05, 4.69) is 0 Å². The molecule has 17 heavy (non-hydrogen) atoms. The lowest BCUT2D eigenvalue weighted by molar-refractivity contribution is -0.142. The minimum absolute atomic E-state index is 0.248. The molecule has 0 aromatic heterocycles. The van der Waals surface area contributed by atoms with Crippen LogP contribution in [0, 0.1) is 5.92 Å². The maximum absolute atomic E-state index is 11.9. The number of ether oxygens (including phenoxy) is 1. The Morgan fingerprint density at radius 2 is 2.00 bits per heavy atom. The molecule has 1 heterocycles. The van der Waals surface area contributed by atoms with E-state index >= 15 is 0 Å². The highest BCUT2D eigenvalue weighted by molar-refractivity contribution is 5.75. The third kappa shape index (κ3) is 3.35. The molecule has 0 saturated carbocycles. The van der Waals surface area contributed by atoms with E-state index in [0.717, 1.165) is 0 Å². The van der Waals surface area contributed by atoms with Crippen molar-refractivity contribution >= 4 is 12.1 Å². The molecule has 1 N–H and O–H groups in total. The second-order valence-corrected chi connectivity index (χ2v) is 5.38. The standard InChI is InChI=1S/C12H21NO4/c1-5-9-8(10(14)15)6-7-13(9)11(16)17-12(2,3)4/h8-9H,5-7H2,1-4H3,(H,14,15). The number of amides is 1. The van der Waals surface area contributed by atoms with Gasteiger partial charge in [-0.1, -0.05) is 6.92 Å². The smallest absolute Gasteiger partial charge is 0.410 e. The average Bonchev–Trinajstić information content (AvgIpc) is 2.57. The average molecular weight is 243 g/mol. The topological polar surface area (TPSA) is 66.8 Å². The Balaban J connectivity index is 2.72. The highest BCUT2D eigenvalue weighted by Gasteiger charge is 2.41. The monoisotopic (exact) mass is 243 g/mol. The molecule has 0 spiro atoms. The first-order chi connectivity index (χ1) is 7.76. The van der Waals surface area contributed by atoms with Crippen LogP contribution >= 0.6 is 0 Å². The molecular formula is C12H21NO4. The van der Waals surface area contributed by atoms with E-state index in [1.165, 1.54) is 0 Å². The first kappa shape index (κ1) is 13.8. The molecule has 1 aliphatic rings. The van der Waals surface area contributed by atoms with E-state index in [4.69, 9.17) is 9.84 Å². The molecule has 0 bridgehead atoms. The summed E-state index contributed by atoms with van der Waals surface area (Å²) in [5.41, 5.74) is -0.545. The highest BCUT2D eigenvalue weighted by atomic mass is 16.6. The molecule has 5 heteroatoms. The van der Waals surface area contributed by atoms with E-state index in [9.17, 15) is 9.59 Å². The lowest BCUT2D eigenvalue weighted by atomic mass is 9.99. The number of nitrogens with zero attached hydrogens (tertiary/aromatic N) is 1. The lowest BCUT2D eigenvalue weighted by Gasteiger charge is -2.29. The van der Waals surface area contributed by atoms with Crippen molar-refractivity contribution in [2.24, 2.45) is 5.92 Å². The van der Waals surface area contributed by atoms with Crippen molar-refractivity contribution < 1.29 is 19.4 Å². The van der Waals surface area contributed by atoms with E-state index in [-0.39, 0.29) is 6.04 Å². The summed E-state index contributed by atoms with van der Waals surface area (Å²) < 4.78 is 5.28. The summed E-state index contributed by atoms with van der Waals surface area (Å²) in [5.74, 6) is -1.30. The van der Waals surface area contributed by atoms with Gasteiger partial charge in [0.1, 0.15) is 5.60 Å². The number of carbonyl (C=O) groups excluding carboxylic acids is 1. The fraction of sp³-hybridized carbons (Fsp3) is 0.833. The number of aliphatic carboxylic acids is 1. The van der Waals surface area contributed by atoms with Gasteiger partial charge in [-0.25, -0.2) is 4.79 Å². The van der Waals surface area contributed by atoms with Crippen molar-refractivity contribution in [1.82, 2.24) is 4.90 Å². The van der Waals surface area contributed by atoms with Crippen LogP contribution in [0.2, 0.25) is 0 Å². The number of carboxylic acid groups (broad SMARTS) is 1. The molecule has 0 radical (unpaired) electrons. The Morgan fingerprint density at radius 1 is 1.41 bits per heavy atom. The summed E-state index contributed by atoms with van der Waals surface area (Å²) in [7, 11) is 0. The van der Waals surface area contributed by atoms with Crippen LogP contribution in [-0.4, -0.2) is 40.3 Å². The maximum atomic E-state index is 11.9. The van der Waals surface area contributed by atoms with Crippen LogP contribution in [0.5, 0.6) is 0 Å². The Kier molecular flexibility index (Phi) is 4.01. The molecule has 1 saturated heterocycles. The number of rotatable bonds is 2. The quantitative estimate of drug-likeness (QED) is 0.806. The number of likely N-dealkylation sites (tertiary alicyclic amines) is 1. The van der Waals surface area contributed by atoms with Crippen LogP contribution < -0.4 is 0 Å². The lowest BCUT2D eigenvalue weighted by Crippen LogP contribution is -2.42. The van der Waals surface area contributed by atoms with Gasteiger partial charge < -0.3 is 14.7 Å². The zero-order chi connectivity index (χ0) is 13.2. The summed E-state index contributed by atoms with van der Waals surface area (Å²) >= 11 is 0. The number of hydrogen-bond donors (Lipinski definition) is 1. The SMILES string of the molecule is CCC1C(C(=O)O)CCN1C(=O)OC(C)(C)C. The van der Waals surface area contributed by atoms with Crippen LogP contribution in [-0.2, 0) is 9.53 Å². The zero-order valence-corrected chi connectivity index (χ0v) is 10.9. The van der Waals surface area contributed by atoms with Gasteiger partial charge in [0, 0.05) is 12.6 Å². The van der Waals surface area contributed by atoms with E-state index in [0.29, 0.717) is 19.4 Å². The molecule has 1 aliphatic heterocycles. The van der Waals surface area contributed by atoms with Crippen LogP contribution in [0.1, 0.15) is 40.5 Å². The minimum atomic E-state index is -0.831. The predicted octanol–water partition coefficient (Wildman–Crippen LogP) is 2.11. The van der Waals surface area contributed by atoms with Gasteiger partial charge in [-0.2, -0.15) is 0 Å². The van der Waals surface area contributed by atoms with Crippen LogP contribution in [0.25, 0.3) is 0 Å². The van der Waals surface area contributed by atoms with Crippen LogP contribution in [0.15, 0.2) is 0 Å². The number of carbonyl (C=O) groups is 2. The predicted molar refractivity (Wildman–Crippen MR) is 62.8 cm³/mol. The van der Waals surface area contributed by atoms with E-state index in [1.807, 2.05) is 6.92 Å². The third-order valence-electron chi connectivity index (χ3n) is 2.91. The van der Waals surface area contributed by atoms with Crippen molar-refractivity contribution in [3.05, 3.63) is 0 Å². The van der Waals surface area contributed by atoms with E-state index in [1.54, 1.807) is 25.7 Å². The van der Waals surface area contributed by atoms with Crippen molar-refractivity contribution in [2.75, 3.05) is 6.54 Å². The number of carboxylic acids is 1. The van der Waals surface area contributed by atoms with Gasteiger partial charge in [-0.15, -0.1) is 0 Å². The Bertz CT molecular complexity index is 308. The molecule has 5 nitrogen and oxygen atoms in total. The van der Waals surface area contributed by atoms with Crippen LogP contribution in [0.4, 0.5) is 4.79 Å². The van der Waals surface area contributed by atoms with Crippen molar-refractivity contribution in [1.29, 1.82) is 0 Å². The minimum Gasteiger partial charge on any atom is -0.481 e. The fourth-order valence-corrected chi connectivity index (χ4v) is 2.19. The van der Waals surface area contributed by atoms with E-state index < -0.39 is 23.6 Å². The molecule has 1 fully saturated rings. The van der Waals surface area contributed by atoms with Gasteiger partial charge in [0.2, 0.25) is 0 Å². The third-order valence-corrected chi connectivity index (χ3v) is 2.91. The molecule has 0 aromatic rings. The molecular weight excluding hydrogens is 222 g/mol. The van der Waals surface area contributed by atoms with Crippen molar-refractivity contribution in [2.45, 2.75) is 52.2 Å². The first-order valence-corrected chi connectivity index (χ1v) is 5.98. The second-order valence-electron chi connectivity index (χ2n) is 5.38. The molecule has 1 rings (SSSR count). The normalized spacial score (nSPS) is 24.8. The molecule has 2 unspecified atom stereocenters.